The van der Waals surface area contributed by atoms with E-state index in [0.29, 0.717) is 6.10 Å². The maximum Gasteiger partial charge on any atom is 0.142 e. The van der Waals surface area contributed by atoms with E-state index in [1.807, 2.05) is 0 Å². The van der Waals surface area contributed by atoms with Gasteiger partial charge in [0.05, 0.1) is 12.2 Å². The van der Waals surface area contributed by atoms with Gasteiger partial charge in [0.15, 0.2) is 0 Å². The van der Waals surface area contributed by atoms with E-state index < -0.39 is 0 Å². The lowest BCUT2D eigenvalue weighted by molar-refractivity contribution is 0.202. The van der Waals surface area contributed by atoms with Crippen LogP contribution in [0.1, 0.15) is 38.7 Å². The molecule has 1 aliphatic heterocycles. The Morgan fingerprint density at radius 3 is 3.00 bits per heavy atom. The van der Waals surface area contributed by atoms with Gasteiger partial charge < -0.3 is 15.4 Å². The van der Waals surface area contributed by atoms with E-state index in [0.717, 1.165) is 43.9 Å². The Kier molecular flexibility index (Phi) is 5.52. The lowest BCUT2D eigenvalue weighted by Gasteiger charge is -2.27. The fraction of sp³-hybridized carbons (Fsp3) is 0.625. The summed E-state index contributed by atoms with van der Waals surface area (Å²) in [6.07, 6.45) is 4.96. The van der Waals surface area contributed by atoms with Crippen molar-refractivity contribution in [3.05, 3.63) is 23.8 Å². The van der Waals surface area contributed by atoms with Crippen molar-refractivity contribution < 1.29 is 4.74 Å². The van der Waals surface area contributed by atoms with E-state index in [1.54, 1.807) is 0 Å². The molecule has 3 heteroatoms. The van der Waals surface area contributed by atoms with Gasteiger partial charge in [-0.15, -0.1) is 0 Å². The minimum atomic E-state index is 0.314. The molecule has 0 aromatic heterocycles. The Bertz CT molecular complexity index is 392. The first-order valence-electron chi connectivity index (χ1n) is 7.57. The van der Waals surface area contributed by atoms with Crippen LogP contribution in [0.15, 0.2) is 18.2 Å². The Hall–Kier alpha value is -1.22. The second-order valence-electron chi connectivity index (χ2n) is 5.21. The number of unbranched alkanes of at least 4 members (excludes halogenated alkanes) is 1. The van der Waals surface area contributed by atoms with Crippen molar-refractivity contribution in [1.82, 2.24) is 5.32 Å². The predicted octanol–water partition coefficient (Wildman–Crippen LogP) is 3.20. The smallest absolute Gasteiger partial charge is 0.142 e. The highest BCUT2D eigenvalue weighted by Gasteiger charge is 2.17. The van der Waals surface area contributed by atoms with E-state index in [-0.39, 0.29) is 0 Å². The zero-order chi connectivity index (χ0) is 13.5. The van der Waals surface area contributed by atoms with E-state index in [1.165, 1.54) is 18.4 Å². The van der Waals surface area contributed by atoms with E-state index >= 15 is 0 Å². The molecule has 0 saturated heterocycles. The van der Waals surface area contributed by atoms with Crippen molar-refractivity contribution in [2.24, 2.45) is 0 Å². The van der Waals surface area contributed by atoms with Gasteiger partial charge in [0, 0.05) is 0 Å². The Labute approximate surface area is 116 Å². The van der Waals surface area contributed by atoms with Crippen molar-refractivity contribution in [3.8, 4) is 5.75 Å². The van der Waals surface area contributed by atoms with Crippen LogP contribution in [0.3, 0.4) is 0 Å². The SMILES string of the molecule is CCCCNCCc1ccc2c(c1)NCC(CC)O2. The number of nitrogens with one attached hydrogen (secondary N) is 2. The normalized spacial score (nSPS) is 17.5. The van der Waals surface area contributed by atoms with Crippen molar-refractivity contribution >= 4 is 5.69 Å². The maximum atomic E-state index is 5.92. The average molecular weight is 262 g/mol. The standard InChI is InChI=1S/C16H26N2O/c1-3-5-9-17-10-8-13-6-7-16-15(11-13)18-12-14(4-2)19-16/h6-7,11,14,17-18H,3-5,8-10,12H2,1-2H3. The van der Waals surface area contributed by atoms with Gasteiger partial charge >= 0.3 is 0 Å². The number of hydrogen-bond donors (Lipinski definition) is 2. The first-order chi connectivity index (χ1) is 9.33. The number of benzene rings is 1. The third-order valence-electron chi connectivity index (χ3n) is 3.61. The summed E-state index contributed by atoms with van der Waals surface area (Å²) in [4.78, 5) is 0. The van der Waals surface area contributed by atoms with E-state index in [9.17, 15) is 0 Å². The van der Waals surface area contributed by atoms with Crippen LogP contribution in [0.4, 0.5) is 5.69 Å². The van der Waals surface area contributed by atoms with Crippen LogP contribution in [0.25, 0.3) is 0 Å². The van der Waals surface area contributed by atoms with Crippen LogP contribution in [0.5, 0.6) is 5.75 Å². The molecule has 3 nitrogen and oxygen atoms in total. The summed E-state index contributed by atoms with van der Waals surface area (Å²) < 4.78 is 5.92. The summed E-state index contributed by atoms with van der Waals surface area (Å²) in [5, 5.41) is 6.95. The number of ether oxygens (including phenoxy) is 1. The summed E-state index contributed by atoms with van der Waals surface area (Å²) in [5.74, 6) is 1.00. The van der Waals surface area contributed by atoms with E-state index in [4.69, 9.17) is 4.74 Å². The Morgan fingerprint density at radius 2 is 2.21 bits per heavy atom. The first-order valence-corrected chi connectivity index (χ1v) is 7.57. The largest absolute Gasteiger partial charge is 0.486 e. The highest BCUT2D eigenvalue weighted by molar-refractivity contribution is 5.59. The Balaban J connectivity index is 1.84. The second kappa shape index (κ2) is 7.39. The van der Waals surface area contributed by atoms with Crippen molar-refractivity contribution in [2.75, 3.05) is 25.0 Å². The van der Waals surface area contributed by atoms with Crippen LogP contribution in [-0.2, 0) is 6.42 Å². The zero-order valence-electron chi connectivity index (χ0n) is 12.2. The molecule has 0 fully saturated rings. The van der Waals surface area contributed by atoms with Gasteiger partial charge in [0.25, 0.3) is 0 Å². The summed E-state index contributed by atoms with van der Waals surface area (Å²) in [5.41, 5.74) is 2.52. The van der Waals surface area contributed by atoms with Crippen LogP contribution in [-0.4, -0.2) is 25.7 Å². The van der Waals surface area contributed by atoms with Gasteiger partial charge in [-0.25, -0.2) is 0 Å². The van der Waals surface area contributed by atoms with Crippen LogP contribution >= 0.6 is 0 Å². The summed E-state index contributed by atoms with van der Waals surface area (Å²) >= 11 is 0. The van der Waals surface area contributed by atoms with Crippen molar-refractivity contribution in [2.45, 2.75) is 45.6 Å². The molecule has 0 aliphatic carbocycles. The molecule has 0 bridgehead atoms. The topological polar surface area (TPSA) is 33.3 Å². The molecule has 1 atom stereocenters. The number of fused-ring (bicyclic) bond motifs is 1. The fourth-order valence-corrected chi connectivity index (χ4v) is 2.31. The van der Waals surface area contributed by atoms with Crippen molar-refractivity contribution in [3.63, 3.8) is 0 Å². The van der Waals surface area contributed by atoms with Gasteiger partial charge in [-0.1, -0.05) is 26.3 Å². The molecule has 2 rings (SSSR count). The first kappa shape index (κ1) is 14.2. The summed E-state index contributed by atoms with van der Waals surface area (Å²) in [6, 6.07) is 6.51. The molecule has 106 valence electrons. The second-order valence-corrected chi connectivity index (χ2v) is 5.21. The lowest BCUT2D eigenvalue weighted by Crippen LogP contribution is -2.30. The highest BCUT2D eigenvalue weighted by atomic mass is 16.5. The molecule has 1 heterocycles. The summed E-state index contributed by atoms with van der Waals surface area (Å²) in [6.45, 7) is 7.48. The lowest BCUT2D eigenvalue weighted by atomic mass is 10.1. The number of anilines is 1. The molecule has 1 aromatic rings. The van der Waals surface area contributed by atoms with Crippen LogP contribution in [0, 0.1) is 0 Å². The Morgan fingerprint density at radius 1 is 1.32 bits per heavy atom. The van der Waals surface area contributed by atoms with Gasteiger partial charge in [-0.2, -0.15) is 0 Å². The van der Waals surface area contributed by atoms with E-state index in [2.05, 4.69) is 42.7 Å². The molecule has 0 amide bonds. The predicted molar refractivity (Wildman–Crippen MR) is 81.1 cm³/mol. The molecular formula is C16H26N2O. The third kappa shape index (κ3) is 4.13. The molecule has 0 saturated carbocycles. The minimum absolute atomic E-state index is 0.314. The van der Waals surface area contributed by atoms with Gasteiger partial charge in [0.2, 0.25) is 0 Å². The number of rotatable bonds is 7. The molecule has 1 aromatic carbocycles. The molecule has 1 unspecified atom stereocenters. The number of hydrogen-bond acceptors (Lipinski definition) is 3. The average Bonchev–Trinajstić information content (AvgIpc) is 2.46. The third-order valence-corrected chi connectivity index (χ3v) is 3.61. The molecule has 19 heavy (non-hydrogen) atoms. The van der Waals surface area contributed by atoms with Crippen LogP contribution < -0.4 is 15.4 Å². The quantitative estimate of drug-likeness (QED) is 0.740. The maximum absolute atomic E-state index is 5.92. The fourth-order valence-electron chi connectivity index (χ4n) is 2.31. The van der Waals surface area contributed by atoms with Gasteiger partial charge in [0.1, 0.15) is 11.9 Å². The van der Waals surface area contributed by atoms with Gasteiger partial charge in [-0.05, 0) is 50.0 Å². The monoisotopic (exact) mass is 262 g/mol. The molecular weight excluding hydrogens is 236 g/mol. The van der Waals surface area contributed by atoms with Crippen molar-refractivity contribution in [1.29, 1.82) is 0 Å². The molecule has 0 spiro atoms. The highest BCUT2D eigenvalue weighted by Crippen LogP contribution is 2.30. The van der Waals surface area contributed by atoms with Gasteiger partial charge in [-0.3, -0.25) is 0 Å². The molecule has 1 aliphatic rings. The summed E-state index contributed by atoms with van der Waals surface area (Å²) in [7, 11) is 0. The van der Waals surface area contributed by atoms with Crippen LogP contribution in [0.2, 0.25) is 0 Å². The molecule has 0 radical (unpaired) electrons. The zero-order valence-corrected chi connectivity index (χ0v) is 12.2. The minimum Gasteiger partial charge on any atom is -0.486 e. The molecule has 2 N–H and O–H groups in total.